The highest BCUT2D eigenvalue weighted by Crippen LogP contribution is 2.17. The van der Waals surface area contributed by atoms with E-state index < -0.39 is 5.63 Å². The Labute approximate surface area is 68.2 Å². The molecule has 1 heterocycles. The van der Waals surface area contributed by atoms with Crippen LogP contribution in [0, 0.1) is 0 Å². The second kappa shape index (κ2) is 2.96. The van der Waals surface area contributed by atoms with E-state index in [0.717, 1.165) is 0 Å². The van der Waals surface area contributed by atoms with Gasteiger partial charge in [-0.15, -0.1) is 0 Å². The molecule has 0 saturated heterocycles. The maximum absolute atomic E-state index is 10.9. The van der Waals surface area contributed by atoms with Gasteiger partial charge < -0.3 is 9.52 Å². The second-order valence-corrected chi connectivity index (χ2v) is 2.43. The highest BCUT2D eigenvalue weighted by atomic mass is 35.5. The van der Waals surface area contributed by atoms with E-state index in [2.05, 4.69) is 4.42 Å². The van der Waals surface area contributed by atoms with Crippen LogP contribution in [0.15, 0.2) is 15.3 Å². The van der Waals surface area contributed by atoms with Crippen LogP contribution in [0.25, 0.3) is 0 Å². The zero-order valence-corrected chi connectivity index (χ0v) is 6.68. The third kappa shape index (κ3) is 1.54. The second-order valence-electron chi connectivity index (χ2n) is 2.06. The molecule has 0 radical (unpaired) electrons. The molecule has 0 spiro atoms. The van der Waals surface area contributed by atoms with Crippen LogP contribution in [0.4, 0.5) is 0 Å². The third-order valence-corrected chi connectivity index (χ3v) is 1.54. The summed E-state index contributed by atoms with van der Waals surface area (Å²) < 4.78 is 4.53. The molecule has 0 aliphatic carbocycles. The lowest BCUT2D eigenvalue weighted by atomic mass is 10.2. The van der Waals surface area contributed by atoms with Crippen LogP contribution in [0.3, 0.4) is 0 Å². The fourth-order valence-electron chi connectivity index (χ4n) is 0.804. The molecule has 4 heteroatoms. The van der Waals surface area contributed by atoms with Gasteiger partial charge in [0.25, 0.3) is 0 Å². The first-order valence-electron chi connectivity index (χ1n) is 3.16. The fourth-order valence-corrected chi connectivity index (χ4v) is 0.978. The third-order valence-electron chi connectivity index (χ3n) is 1.35. The van der Waals surface area contributed by atoms with Gasteiger partial charge in [-0.1, -0.05) is 6.92 Å². The molecule has 1 aromatic rings. The molecule has 1 N–H and O–H groups in total. The first-order valence-corrected chi connectivity index (χ1v) is 3.54. The molecule has 1 rings (SSSR count). The Kier molecular flexibility index (Phi) is 2.19. The van der Waals surface area contributed by atoms with E-state index in [-0.39, 0.29) is 16.5 Å². The van der Waals surface area contributed by atoms with Crippen LogP contribution in [0.5, 0.6) is 5.75 Å². The van der Waals surface area contributed by atoms with Gasteiger partial charge in [0.05, 0.1) is 5.56 Å². The van der Waals surface area contributed by atoms with Crippen molar-refractivity contribution in [1.82, 2.24) is 0 Å². The SMILES string of the molecule is CCc1c(O)cc(Cl)oc1=O. The van der Waals surface area contributed by atoms with Gasteiger partial charge in [-0.25, -0.2) is 4.79 Å². The molecule has 0 unspecified atom stereocenters. The van der Waals surface area contributed by atoms with Gasteiger partial charge in [-0.2, -0.15) is 0 Å². The van der Waals surface area contributed by atoms with Gasteiger partial charge in [0.15, 0.2) is 0 Å². The van der Waals surface area contributed by atoms with Gasteiger partial charge in [0, 0.05) is 6.07 Å². The highest BCUT2D eigenvalue weighted by molar-refractivity contribution is 6.28. The molecule has 0 aromatic carbocycles. The van der Waals surface area contributed by atoms with Crippen molar-refractivity contribution in [1.29, 1.82) is 0 Å². The summed E-state index contributed by atoms with van der Waals surface area (Å²) in [5.74, 6) is -0.103. The minimum Gasteiger partial charge on any atom is -0.507 e. The number of aromatic hydroxyl groups is 1. The topological polar surface area (TPSA) is 50.4 Å². The Morgan fingerprint density at radius 3 is 2.82 bits per heavy atom. The number of rotatable bonds is 1. The Balaban J connectivity index is 3.37. The summed E-state index contributed by atoms with van der Waals surface area (Å²) in [7, 11) is 0. The Bertz CT molecular complexity index is 316. The molecular weight excluding hydrogens is 168 g/mol. The lowest BCUT2D eigenvalue weighted by molar-refractivity contribution is 0.437. The van der Waals surface area contributed by atoms with Gasteiger partial charge in [-0.05, 0) is 18.0 Å². The minimum atomic E-state index is -0.572. The molecule has 0 aliphatic rings. The van der Waals surface area contributed by atoms with Crippen LogP contribution in [0.1, 0.15) is 12.5 Å². The molecule has 60 valence electrons. The van der Waals surface area contributed by atoms with Gasteiger partial charge in [0.2, 0.25) is 5.22 Å². The predicted octanol–water partition coefficient (Wildman–Crippen LogP) is 1.56. The van der Waals surface area contributed by atoms with E-state index in [1.807, 2.05) is 0 Å². The van der Waals surface area contributed by atoms with Gasteiger partial charge in [0.1, 0.15) is 5.75 Å². The summed E-state index contributed by atoms with van der Waals surface area (Å²) in [6.07, 6.45) is 0.436. The van der Waals surface area contributed by atoms with Gasteiger partial charge in [-0.3, -0.25) is 0 Å². The predicted molar refractivity (Wildman–Crippen MR) is 41.0 cm³/mol. The van der Waals surface area contributed by atoms with Crippen molar-refractivity contribution in [3.63, 3.8) is 0 Å². The van der Waals surface area contributed by atoms with Crippen molar-refractivity contribution >= 4 is 11.6 Å². The van der Waals surface area contributed by atoms with Crippen molar-refractivity contribution in [2.75, 3.05) is 0 Å². The van der Waals surface area contributed by atoms with E-state index in [4.69, 9.17) is 16.7 Å². The van der Waals surface area contributed by atoms with Crippen molar-refractivity contribution in [3.8, 4) is 5.75 Å². The summed E-state index contributed by atoms with van der Waals surface area (Å²) >= 11 is 5.35. The van der Waals surface area contributed by atoms with Crippen LogP contribution in [-0.4, -0.2) is 5.11 Å². The molecule has 0 fully saturated rings. The van der Waals surface area contributed by atoms with E-state index in [9.17, 15) is 4.79 Å². The van der Waals surface area contributed by atoms with E-state index in [1.165, 1.54) is 6.07 Å². The highest BCUT2D eigenvalue weighted by Gasteiger charge is 2.06. The van der Waals surface area contributed by atoms with Crippen LogP contribution in [-0.2, 0) is 6.42 Å². The number of hydrogen-bond acceptors (Lipinski definition) is 3. The minimum absolute atomic E-state index is 0.0929. The molecule has 0 saturated carbocycles. The Morgan fingerprint density at radius 2 is 2.36 bits per heavy atom. The van der Waals surface area contributed by atoms with Crippen LogP contribution < -0.4 is 5.63 Å². The summed E-state index contributed by atoms with van der Waals surface area (Å²) in [6.45, 7) is 1.75. The average molecular weight is 175 g/mol. The van der Waals surface area contributed by atoms with Crippen molar-refractivity contribution in [3.05, 3.63) is 27.3 Å². The lowest BCUT2D eigenvalue weighted by Gasteiger charge is -1.97. The van der Waals surface area contributed by atoms with E-state index in [0.29, 0.717) is 6.42 Å². The Hall–Kier alpha value is -0.960. The van der Waals surface area contributed by atoms with Crippen molar-refractivity contribution < 1.29 is 9.52 Å². The van der Waals surface area contributed by atoms with Crippen molar-refractivity contribution in [2.45, 2.75) is 13.3 Å². The molecular formula is C7H7ClO3. The first kappa shape index (κ1) is 8.14. The van der Waals surface area contributed by atoms with E-state index in [1.54, 1.807) is 6.92 Å². The maximum Gasteiger partial charge on any atom is 0.344 e. The summed E-state index contributed by atoms with van der Waals surface area (Å²) in [5, 5.41) is 9.03. The summed E-state index contributed by atoms with van der Waals surface area (Å²) in [6, 6.07) is 1.21. The molecule has 0 aliphatic heterocycles. The summed E-state index contributed by atoms with van der Waals surface area (Å²) in [5.41, 5.74) is -0.313. The zero-order valence-electron chi connectivity index (χ0n) is 5.93. The lowest BCUT2D eigenvalue weighted by Crippen LogP contribution is -2.05. The normalized spacial score (nSPS) is 10.0. The van der Waals surface area contributed by atoms with Crippen molar-refractivity contribution in [2.24, 2.45) is 0 Å². The largest absolute Gasteiger partial charge is 0.507 e. The monoisotopic (exact) mass is 174 g/mol. The first-order chi connectivity index (χ1) is 5.15. The molecule has 0 amide bonds. The Morgan fingerprint density at radius 1 is 1.73 bits per heavy atom. The smallest absolute Gasteiger partial charge is 0.344 e. The summed E-state index contributed by atoms with van der Waals surface area (Å²) in [4.78, 5) is 10.9. The molecule has 3 nitrogen and oxygen atoms in total. The average Bonchev–Trinajstić information content (AvgIpc) is 1.85. The number of halogens is 1. The van der Waals surface area contributed by atoms with E-state index >= 15 is 0 Å². The fraction of sp³-hybridized carbons (Fsp3) is 0.286. The molecule has 1 aromatic heterocycles. The number of hydrogen-bond donors (Lipinski definition) is 1. The van der Waals surface area contributed by atoms with Crippen LogP contribution in [0.2, 0.25) is 5.22 Å². The maximum atomic E-state index is 10.9. The van der Waals surface area contributed by atoms with Gasteiger partial charge >= 0.3 is 5.63 Å². The van der Waals surface area contributed by atoms with Crippen LogP contribution >= 0.6 is 11.6 Å². The standard InChI is InChI=1S/C7H7ClO3/c1-2-4-5(9)3-6(8)11-7(4)10/h3,9H,2H2,1H3. The zero-order chi connectivity index (χ0) is 8.43. The molecule has 0 bridgehead atoms. The quantitative estimate of drug-likeness (QED) is 0.703. The molecule has 11 heavy (non-hydrogen) atoms. The molecule has 0 atom stereocenters.